The predicted octanol–water partition coefficient (Wildman–Crippen LogP) is 2.14. The predicted molar refractivity (Wildman–Crippen MR) is 88.1 cm³/mol. The van der Waals surface area contributed by atoms with Crippen molar-refractivity contribution in [2.45, 2.75) is 51.8 Å². The fourth-order valence-electron chi connectivity index (χ4n) is 2.11. The zero-order valence-electron chi connectivity index (χ0n) is 14.2. The van der Waals surface area contributed by atoms with Gasteiger partial charge in [0.05, 0.1) is 0 Å². The summed E-state index contributed by atoms with van der Waals surface area (Å²) < 4.78 is 5.34. The number of ether oxygens (including phenoxy) is 1. The second kappa shape index (κ2) is 8.33. The normalized spacial score (nSPS) is 12.3. The van der Waals surface area contributed by atoms with Crippen molar-refractivity contribution in [2.75, 3.05) is 0 Å². The maximum Gasteiger partial charge on any atom is 0.411 e. The van der Waals surface area contributed by atoms with Crippen LogP contribution in [0.5, 0.6) is 0 Å². The maximum atomic E-state index is 12.5. The Morgan fingerprint density at radius 1 is 1.21 bits per heavy atom. The molecule has 132 valence electrons. The summed E-state index contributed by atoms with van der Waals surface area (Å²) in [6, 6.07) is 7.98. The van der Waals surface area contributed by atoms with Crippen LogP contribution in [0.15, 0.2) is 30.3 Å². The molecule has 0 spiro atoms. The standard InChI is InChI=1S/C17H24N2O5/c1-17(2,3)24-16(23)19(11-12-7-5-4-6-8-12)13(15(18)22)9-10-14(20)21/h4-8,13H,9-11H2,1-3H3,(H2,18,22)(H,20,21)/t13-/m1/s1. The van der Waals surface area contributed by atoms with Crippen LogP contribution in [-0.4, -0.2) is 39.6 Å². The van der Waals surface area contributed by atoms with Crippen LogP contribution >= 0.6 is 0 Å². The molecule has 0 bridgehead atoms. The van der Waals surface area contributed by atoms with E-state index in [9.17, 15) is 14.4 Å². The average Bonchev–Trinajstić information content (AvgIpc) is 2.44. The van der Waals surface area contributed by atoms with Gasteiger partial charge in [-0.25, -0.2) is 4.79 Å². The van der Waals surface area contributed by atoms with E-state index >= 15 is 0 Å². The summed E-state index contributed by atoms with van der Waals surface area (Å²) in [5.74, 6) is -1.83. The van der Waals surface area contributed by atoms with Crippen molar-refractivity contribution in [3.8, 4) is 0 Å². The van der Waals surface area contributed by atoms with E-state index in [1.54, 1.807) is 45.0 Å². The van der Waals surface area contributed by atoms with E-state index in [4.69, 9.17) is 15.6 Å². The third kappa shape index (κ3) is 6.68. The van der Waals surface area contributed by atoms with E-state index in [2.05, 4.69) is 0 Å². The van der Waals surface area contributed by atoms with Crippen LogP contribution in [0.2, 0.25) is 0 Å². The van der Waals surface area contributed by atoms with Gasteiger partial charge in [0.25, 0.3) is 0 Å². The van der Waals surface area contributed by atoms with Crippen molar-refractivity contribution in [3.63, 3.8) is 0 Å². The van der Waals surface area contributed by atoms with E-state index in [-0.39, 0.29) is 19.4 Å². The first-order valence-corrected chi connectivity index (χ1v) is 7.65. The van der Waals surface area contributed by atoms with Crippen LogP contribution < -0.4 is 5.73 Å². The summed E-state index contributed by atoms with van der Waals surface area (Å²) in [6.45, 7) is 5.23. The zero-order chi connectivity index (χ0) is 18.3. The van der Waals surface area contributed by atoms with E-state index in [0.717, 1.165) is 5.56 Å². The van der Waals surface area contributed by atoms with Gasteiger partial charge in [-0.2, -0.15) is 0 Å². The molecule has 0 aliphatic carbocycles. The second-order valence-electron chi connectivity index (χ2n) is 6.44. The van der Waals surface area contributed by atoms with E-state index in [1.165, 1.54) is 4.90 Å². The van der Waals surface area contributed by atoms with E-state index < -0.39 is 29.6 Å². The Kier molecular flexibility index (Phi) is 6.76. The molecular weight excluding hydrogens is 312 g/mol. The molecule has 7 nitrogen and oxygen atoms in total. The van der Waals surface area contributed by atoms with Crippen molar-refractivity contribution in [3.05, 3.63) is 35.9 Å². The highest BCUT2D eigenvalue weighted by Crippen LogP contribution is 2.18. The van der Waals surface area contributed by atoms with Gasteiger partial charge in [0.1, 0.15) is 11.6 Å². The summed E-state index contributed by atoms with van der Waals surface area (Å²) in [7, 11) is 0. The number of nitrogens with zero attached hydrogens (tertiary/aromatic N) is 1. The van der Waals surface area contributed by atoms with Gasteiger partial charge in [-0.3, -0.25) is 14.5 Å². The van der Waals surface area contributed by atoms with Crippen molar-refractivity contribution in [1.82, 2.24) is 4.90 Å². The zero-order valence-corrected chi connectivity index (χ0v) is 14.2. The number of hydrogen-bond donors (Lipinski definition) is 2. The molecule has 1 atom stereocenters. The Bertz CT molecular complexity index is 580. The van der Waals surface area contributed by atoms with E-state index in [1.807, 2.05) is 6.07 Å². The summed E-state index contributed by atoms with van der Waals surface area (Å²) in [5.41, 5.74) is 5.43. The minimum atomic E-state index is -1.06. The lowest BCUT2D eigenvalue weighted by atomic mass is 10.1. The Balaban J connectivity index is 3.06. The smallest absolute Gasteiger partial charge is 0.411 e. The van der Waals surface area contributed by atoms with E-state index in [0.29, 0.717) is 0 Å². The Hall–Kier alpha value is -2.57. The first-order chi connectivity index (χ1) is 11.1. The number of hydrogen-bond acceptors (Lipinski definition) is 4. The number of rotatable bonds is 7. The van der Waals surface area contributed by atoms with Gasteiger partial charge in [0, 0.05) is 13.0 Å². The van der Waals surface area contributed by atoms with Gasteiger partial charge >= 0.3 is 12.1 Å². The van der Waals surface area contributed by atoms with Gasteiger partial charge in [0.15, 0.2) is 0 Å². The molecule has 0 unspecified atom stereocenters. The van der Waals surface area contributed by atoms with Crippen molar-refractivity contribution >= 4 is 18.0 Å². The molecular formula is C17H24N2O5. The molecule has 0 aliphatic heterocycles. The summed E-state index contributed by atoms with van der Waals surface area (Å²) in [5, 5.41) is 8.85. The number of nitrogens with two attached hydrogens (primary N) is 1. The summed E-state index contributed by atoms with van der Waals surface area (Å²) in [6.07, 6.45) is -1.06. The van der Waals surface area contributed by atoms with Crippen LogP contribution in [0.1, 0.15) is 39.2 Å². The molecule has 3 N–H and O–H groups in total. The fourth-order valence-corrected chi connectivity index (χ4v) is 2.11. The molecule has 0 heterocycles. The largest absolute Gasteiger partial charge is 0.481 e. The number of amides is 2. The Labute approximate surface area is 141 Å². The number of carbonyl (C=O) groups is 3. The second-order valence-corrected chi connectivity index (χ2v) is 6.44. The Morgan fingerprint density at radius 2 is 1.79 bits per heavy atom. The van der Waals surface area contributed by atoms with Crippen LogP contribution in [0.25, 0.3) is 0 Å². The van der Waals surface area contributed by atoms with Crippen LogP contribution in [-0.2, 0) is 20.9 Å². The highest BCUT2D eigenvalue weighted by molar-refractivity contribution is 5.85. The molecule has 24 heavy (non-hydrogen) atoms. The SMILES string of the molecule is CC(C)(C)OC(=O)N(Cc1ccccc1)[C@H](CCC(=O)O)C(N)=O. The third-order valence-corrected chi connectivity index (χ3v) is 3.16. The topological polar surface area (TPSA) is 110 Å². The first-order valence-electron chi connectivity index (χ1n) is 7.65. The van der Waals surface area contributed by atoms with Gasteiger partial charge < -0.3 is 15.6 Å². The number of benzene rings is 1. The molecule has 7 heteroatoms. The molecule has 0 radical (unpaired) electrons. The summed E-state index contributed by atoms with van der Waals surface area (Å²) >= 11 is 0. The summed E-state index contributed by atoms with van der Waals surface area (Å²) in [4.78, 5) is 36.3. The number of aliphatic carboxylic acids is 1. The number of primary amides is 1. The average molecular weight is 336 g/mol. The quantitative estimate of drug-likeness (QED) is 0.792. The van der Waals surface area contributed by atoms with Crippen LogP contribution in [0.4, 0.5) is 4.79 Å². The molecule has 0 saturated carbocycles. The monoisotopic (exact) mass is 336 g/mol. The van der Waals surface area contributed by atoms with Crippen LogP contribution in [0, 0.1) is 0 Å². The number of carboxylic acids is 1. The lowest BCUT2D eigenvalue weighted by molar-refractivity contribution is -0.137. The first kappa shape index (κ1) is 19.5. The van der Waals surface area contributed by atoms with Crippen molar-refractivity contribution < 1.29 is 24.2 Å². The lowest BCUT2D eigenvalue weighted by Gasteiger charge is -2.32. The number of carbonyl (C=O) groups excluding carboxylic acids is 2. The van der Waals surface area contributed by atoms with Gasteiger partial charge in [-0.05, 0) is 32.8 Å². The fraction of sp³-hybridized carbons (Fsp3) is 0.471. The Morgan fingerprint density at radius 3 is 2.25 bits per heavy atom. The molecule has 0 aliphatic rings. The number of carboxylic acid groups (broad SMARTS) is 1. The molecule has 0 aromatic heterocycles. The molecule has 1 aromatic carbocycles. The van der Waals surface area contributed by atoms with Gasteiger partial charge in [0.2, 0.25) is 5.91 Å². The molecule has 2 amide bonds. The van der Waals surface area contributed by atoms with Crippen LogP contribution in [0.3, 0.4) is 0 Å². The molecule has 1 aromatic rings. The highest BCUT2D eigenvalue weighted by Gasteiger charge is 2.32. The van der Waals surface area contributed by atoms with Crippen molar-refractivity contribution in [1.29, 1.82) is 0 Å². The highest BCUT2D eigenvalue weighted by atomic mass is 16.6. The van der Waals surface area contributed by atoms with Gasteiger partial charge in [-0.15, -0.1) is 0 Å². The molecule has 0 saturated heterocycles. The maximum absolute atomic E-state index is 12.5. The molecule has 0 fully saturated rings. The van der Waals surface area contributed by atoms with Crippen molar-refractivity contribution in [2.24, 2.45) is 5.73 Å². The lowest BCUT2D eigenvalue weighted by Crippen LogP contribution is -2.49. The minimum Gasteiger partial charge on any atom is -0.481 e. The molecule has 1 rings (SSSR count). The van der Waals surface area contributed by atoms with Gasteiger partial charge in [-0.1, -0.05) is 30.3 Å². The minimum absolute atomic E-state index is 0.0727. The third-order valence-electron chi connectivity index (χ3n) is 3.16.